The van der Waals surface area contributed by atoms with Crippen LogP contribution in [0.15, 0.2) is 24.3 Å². The van der Waals surface area contributed by atoms with Crippen molar-refractivity contribution in [1.29, 1.82) is 0 Å². The van der Waals surface area contributed by atoms with E-state index in [4.69, 9.17) is 0 Å². The van der Waals surface area contributed by atoms with Crippen molar-refractivity contribution in [3.05, 3.63) is 29.8 Å². The van der Waals surface area contributed by atoms with E-state index in [-0.39, 0.29) is 5.54 Å². The molecule has 1 aromatic rings. The molecule has 2 atom stereocenters. The highest BCUT2D eigenvalue weighted by atomic mass is 16.4. The predicted molar refractivity (Wildman–Crippen MR) is 73.1 cm³/mol. The summed E-state index contributed by atoms with van der Waals surface area (Å²) < 4.78 is 0. The molecule has 0 bridgehead atoms. The number of benzene rings is 1. The smallest absolute Gasteiger partial charge is 0.326 e. The number of para-hydroxylation sites is 1. The zero-order valence-electron chi connectivity index (χ0n) is 11.5. The fourth-order valence-corrected chi connectivity index (χ4v) is 3.25. The van der Waals surface area contributed by atoms with Gasteiger partial charge in [-0.05, 0) is 44.7 Å². The van der Waals surface area contributed by atoms with E-state index in [0.717, 1.165) is 12.1 Å². The number of hydrogen-bond donors (Lipinski definition) is 1. The summed E-state index contributed by atoms with van der Waals surface area (Å²) in [5, 5.41) is 9.32. The number of carbonyl (C=O) groups is 1. The molecular weight excluding hydrogens is 226 g/mol. The number of carboxylic acids is 1. The van der Waals surface area contributed by atoms with Gasteiger partial charge in [-0.2, -0.15) is 0 Å². The number of fused-ring (bicyclic) bond motifs is 1. The maximum Gasteiger partial charge on any atom is 0.326 e. The first-order valence-corrected chi connectivity index (χ1v) is 6.45. The van der Waals surface area contributed by atoms with Crippen molar-refractivity contribution in [2.45, 2.75) is 51.6 Å². The standard InChI is InChI=1S/C15H21NO2/c1-10-9-15(3,4)16(11(2)14(17)18)13-8-6-5-7-12(10)13/h5-8,10-11H,9H2,1-4H3,(H,17,18)/t10-,11+/m1/s1. The second-order valence-electron chi connectivity index (χ2n) is 5.86. The van der Waals surface area contributed by atoms with E-state index in [1.807, 2.05) is 23.1 Å². The Morgan fingerprint density at radius 2 is 2.06 bits per heavy atom. The third-order valence-electron chi connectivity index (χ3n) is 3.93. The minimum atomic E-state index is -0.771. The van der Waals surface area contributed by atoms with Crippen LogP contribution in [0.4, 0.5) is 5.69 Å². The molecule has 0 aliphatic carbocycles. The van der Waals surface area contributed by atoms with E-state index >= 15 is 0 Å². The van der Waals surface area contributed by atoms with Crippen LogP contribution in [0.1, 0.15) is 45.6 Å². The van der Waals surface area contributed by atoms with Gasteiger partial charge in [-0.3, -0.25) is 0 Å². The Bertz CT molecular complexity index is 467. The number of nitrogens with zero attached hydrogens (tertiary/aromatic N) is 1. The maximum atomic E-state index is 11.3. The van der Waals surface area contributed by atoms with E-state index in [0.29, 0.717) is 5.92 Å². The van der Waals surface area contributed by atoms with Gasteiger partial charge in [0.05, 0.1) is 0 Å². The van der Waals surface area contributed by atoms with E-state index in [1.165, 1.54) is 5.56 Å². The van der Waals surface area contributed by atoms with Gasteiger partial charge >= 0.3 is 5.97 Å². The van der Waals surface area contributed by atoms with E-state index in [2.05, 4.69) is 26.8 Å². The molecule has 3 heteroatoms. The molecule has 1 heterocycles. The quantitative estimate of drug-likeness (QED) is 0.872. The van der Waals surface area contributed by atoms with Crippen molar-refractivity contribution in [2.75, 3.05) is 4.90 Å². The molecule has 1 aliphatic heterocycles. The Morgan fingerprint density at radius 3 is 2.67 bits per heavy atom. The fraction of sp³-hybridized carbons (Fsp3) is 0.533. The Kier molecular flexibility index (Phi) is 3.09. The Morgan fingerprint density at radius 1 is 1.44 bits per heavy atom. The van der Waals surface area contributed by atoms with E-state index in [1.54, 1.807) is 6.92 Å². The summed E-state index contributed by atoms with van der Waals surface area (Å²) in [6, 6.07) is 7.64. The minimum Gasteiger partial charge on any atom is -0.480 e. The van der Waals surface area contributed by atoms with Gasteiger partial charge in [0, 0.05) is 11.2 Å². The van der Waals surface area contributed by atoms with Gasteiger partial charge < -0.3 is 10.0 Å². The van der Waals surface area contributed by atoms with Gasteiger partial charge in [0.2, 0.25) is 0 Å². The molecule has 1 aliphatic rings. The fourth-order valence-electron chi connectivity index (χ4n) is 3.25. The molecule has 3 nitrogen and oxygen atoms in total. The number of hydrogen-bond acceptors (Lipinski definition) is 2. The van der Waals surface area contributed by atoms with E-state index in [9.17, 15) is 9.90 Å². The molecule has 0 saturated carbocycles. The van der Waals surface area contributed by atoms with Crippen LogP contribution in [-0.4, -0.2) is 22.7 Å². The van der Waals surface area contributed by atoms with Crippen LogP contribution in [0.25, 0.3) is 0 Å². The first-order valence-electron chi connectivity index (χ1n) is 6.45. The number of rotatable bonds is 2. The van der Waals surface area contributed by atoms with Gasteiger partial charge in [0.15, 0.2) is 0 Å². The molecule has 1 aromatic carbocycles. The van der Waals surface area contributed by atoms with Crippen LogP contribution in [0.3, 0.4) is 0 Å². The average molecular weight is 247 g/mol. The summed E-state index contributed by atoms with van der Waals surface area (Å²) in [5.41, 5.74) is 2.19. The molecule has 2 rings (SSSR count). The predicted octanol–water partition coefficient (Wildman–Crippen LogP) is 3.25. The lowest BCUT2D eigenvalue weighted by molar-refractivity contribution is -0.138. The lowest BCUT2D eigenvalue weighted by atomic mass is 9.79. The highest BCUT2D eigenvalue weighted by Gasteiger charge is 2.40. The maximum absolute atomic E-state index is 11.3. The molecule has 0 fully saturated rings. The second-order valence-corrected chi connectivity index (χ2v) is 5.86. The van der Waals surface area contributed by atoms with Crippen LogP contribution in [0, 0.1) is 0 Å². The molecule has 0 aromatic heterocycles. The van der Waals surface area contributed by atoms with Crippen molar-refractivity contribution in [2.24, 2.45) is 0 Å². The van der Waals surface area contributed by atoms with Gasteiger partial charge in [0.25, 0.3) is 0 Å². The van der Waals surface area contributed by atoms with Crippen molar-refractivity contribution in [3.63, 3.8) is 0 Å². The Labute approximate surface area is 108 Å². The average Bonchev–Trinajstić information content (AvgIpc) is 2.27. The van der Waals surface area contributed by atoms with Crippen molar-refractivity contribution in [1.82, 2.24) is 0 Å². The molecule has 0 spiro atoms. The minimum absolute atomic E-state index is 0.133. The molecule has 98 valence electrons. The summed E-state index contributed by atoms with van der Waals surface area (Å²) in [5.74, 6) is -0.305. The normalized spacial score (nSPS) is 23.3. The van der Waals surface area contributed by atoms with Crippen LogP contribution in [0.5, 0.6) is 0 Å². The highest BCUT2D eigenvalue weighted by Crippen LogP contribution is 2.44. The molecular formula is C15H21NO2. The largest absolute Gasteiger partial charge is 0.480 e. The zero-order chi connectivity index (χ0) is 13.5. The Hall–Kier alpha value is -1.51. The third-order valence-corrected chi connectivity index (χ3v) is 3.93. The lowest BCUT2D eigenvalue weighted by Crippen LogP contribution is -2.55. The van der Waals surface area contributed by atoms with Crippen molar-refractivity contribution in [3.8, 4) is 0 Å². The third kappa shape index (κ3) is 1.98. The van der Waals surface area contributed by atoms with Gasteiger partial charge in [-0.15, -0.1) is 0 Å². The van der Waals surface area contributed by atoms with Crippen LogP contribution >= 0.6 is 0 Å². The molecule has 0 saturated heterocycles. The number of carboxylic acid groups (broad SMARTS) is 1. The molecule has 0 unspecified atom stereocenters. The summed E-state index contributed by atoms with van der Waals surface area (Å²) >= 11 is 0. The molecule has 0 amide bonds. The molecule has 1 N–H and O–H groups in total. The lowest BCUT2D eigenvalue weighted by Gasteiger charge is -2.49. The summed E-state index contributed by atoms with van der Waals surface area (Å²) in [7, 11) is 0. The summed E-state index contributed by atoms with van der Waals surface area (Å²) in [6.45, 7) is 8.22. The van der Waals surface area contributed by atoms with Gasteiger partial charge in [0.1, 0.15) is 6.04 Å². The second kappa shape index (κ2) is 4.30. The zero-order valence-corrected chi connectivity index (χ0v) is 11.5. The topological polar surface area (TPSA) is 40.5 Å². The Balaban J connectivity index is 2.55. The van der Waals surface area contributed by atoms with Gasteiger partial charge in [-0.1, -0.05) is 25.1 Å². The first-order chi connectivity index (χ1) is 8.34. The SMILES string of the molecule is C[C@@H]1CC(C)(C)N([C@@H](C)C(=O)O)c2ccccc21. The monoisotopic (exact) mass is 247 g/mol. The van der Waals surface area contributed by atoms with Crippen LogP contribution < -0.4 is 4.90 Å². The summed E-state index contributed by atoms with van der Waals surface area (Å²) in [4.78, 5) is 13.4. The van der Waals surface area contributed by atoms with Crippen LogP contribution in [0.2, 0.25) is 0 Å². The highest BCUT2D eigenvalue weighted by molar-refractivity contribution is 5.79. The van der Waals surface area contributed by atoms with Crippen LogP contribution in [-0.2, 0) is 4.79 Å². The molecule has 0 radical (unpaired) electrons. The number of aliphatic carboxylic acids is 1. The van der Waals surface area contributed by atoms with Crippen molar-refractivity contribution >= 4 is 11.7 Å². The molecule has 18 heavy (non-hydrogen) atoms. The first kappa shape index (κ1) is 12.9. The number of anilines is 1. The summed E-state index contributed by atoms with van der Waals surface area (Å²) in [6.07, 6.45) is 0.974. The van der Waals surface area contributed by atoms with Gasteiger partial charge in [-0.25, -0.2) is 4.79 Å². The van der Waals surface area contributed by atoms with Crippen molar-refractivity contribution < 1.29 is 9.90 Å². The van der Waals surface area contributed by atoms with E-state index < -0.39 is 12.0 Å².